The maximum absolute atomic E-state index is 11.8. The zero-order valence-corrected chi connectivity index (χ0v) is 17.0. The fourth-order valence-corrected chi connectivity index (χ4v) is 2.92. The van der Waals surface area contributed by atoms with Crippen LogP contribution in [0.1, 0.15) is 103 Å². The molecule has 0 fully saturated rings. The van der Waals surface area contributed by atoms with Crippen molar-refractivity contribution in [3.8, 4) is 0 Å². The number of furan rings is 1. The Morgan fingerprint density at radius 2 is 1.65 bits per heavy atom. The van der Waals surface area contributed by atoms with E-state index in [0.717, 1.165) is 38.5 Å². The van der Waals surface area contributed by atoms with Crippen LogP contribution < -0.4 is 0 Å². The lowest BCUT2D eigenvalue weighted by Crippen LogP contribution is -2.19. The smallest absolute Gasteiger partial charge is 0.138 e. The highest BCUT2D eigenvalue weighted by Gasteiger charge is 2.19. The van der Waals surface area contributed by atoms with Crippen LogP contribution in [0.5, 0.6) is 0 Å². The lowest BCUT2D eigenvalue weighted by atomic mass is 9.88. The first-order valence-corrected chi connectivity index (χ1v) is 10.3. The lowest BCUT2D eigenvalue weighted by Gasteiger charge is -2.16. The van der Waals surface area contributed by atoms with Crippen molar-refractivity contribution in [2.24, 2.45) is 5.41 Å². The summed E-state index contributed by atoms with van der Waals surface area (Å²) >= 11 is 0. The van der Waals surface area contributed by atoms with Crippen LogP contribution in [-0.2, 0) is 4.79 Å². The summed E-state index contributed by atoms with van der Waals surface area (Å²) in [5.74, 6) is 1.05. The third-order valence-corrected chi connectivity index (χ3v) is 4.75. The molecule has 1 N–H and O–H groups in total. The van der Waals surface area contributed by atoms with Crippen molar-refractivity contribution in [1.29, 1.82) is 0 Å². The molecule has 0 spiro atoms. The molecule has 0 saturated heterocycles. The molecule has 3 heteroatoms. The zero-order valence-electron chi connectivity index (χ0n) is 17.0. The molecule has 1 aromatic rings. The van der Waals surface area contributed by atoms with Gasteiger partial charge in [-0.3, -0.25) is 4.79 Å². The molecule has 0 saturated carbocycles. The highest BCUT2D eigenvalue weighted by Crippen LogP contribution is 2.20. The monoisotopic (exact) mass is 362 g/mol. The van der Waals surface area contributed by atoms with Crippen molar-refractivity contribution < 1.29 is 14.3 Å². The first-order valence-electron chi connectivity index (χ1n) is 10.3. The summed E-state index contributed by atoms with van der Waals surface area (Å²) in [6.07, 6.45) is 17.5. The van der Waals surface area contributed by atoms with Gasteiger partial charge in [0.1, 0.15) is 17.6 Å². The molecule has 0 aliphatic rings. The first kappa shape index (κ1) is 22.7. The van der Waals surface area contributed by atoms with Crippen LogP contribution in [-0.4, -0.2) is 10.9 Å². The van der Waals surface area contributed by atoms with Crippen LogP contribution in [0.2, 0.25) is 0 Å². The maximum atomic E-state index is 11.8. The second-order valence-corrected chi connectivity index (χ2v) is 8.27. The summed E-state index contributed by atoms with van der Waals surface area (Å²) in [7, 11) is 0. The van der Waals surface area contributed by atoms with Crippen LogP contribution in [0.25, 0.3) is 0 Å². The second-order valence-electron chi connectivity index (χ2n) is 8.27. The molecule has 26 heavy (non-hydrogen) atoms. The Morgan fingerprint density at radius 3 is 2.27 bits per heavy atom. The van der Waals surface area contributed by atoms with Crippen LogP contribution >= 0.6 is 0 Å². The van der Waals surface area contributed by atoms with Gasteiger partial charge in [0, 0.05) is 11.8 Å². The van der Waals surface area contributed by atoms with Gasteiger partial charge in [0.05, 0.1) is 6.26 Å². The third-order valence-electron chi connectivity index (χ3n) is 4.75. The Hall–Kier alpha value is -1.35. The standard InChI is InChI=1S/C23H38O3/c1-23(2,3)22(25)18-14-12-10-8-6-4-5-7-9-11-13-16-20(24)21-17-15-19-26-21/h7,9,15,17,19-20,24H,4-6,8,10-14,16,18H2,1-3H3/b9-7+. The minimum Gasteiger partial charge on any atom is -0.467 e. The summed E-state index contributed by atoms with van der Waals surface area (Å²) in [5.41, 5.74) is -0.177. The van der Waals surface area contributed by atoms with Crippen molar-refractivity contribution in [3.63, 3.8) is 0 Å². The van der Waals surface area contributed by atoms with Gasteiger partial charge in [-0.2, -0.15) is 0 Å². The number of rotatable bonds is 14. The van der Waals surface area contributed by atoms with Gasteiger partial charge in [-0.15, -0.1) is 0 Å². The second kappa shape index (κ2) is 12.9. The Morgan fingerprint density at radius 1 is 1.04 bits per heavy atom. The average Bonchev–Trinajstić information content (AvgIpc) is 3.12. The van der Waals surface area contributed by atoms with E-state index in [9.17, 15) is 9.90 Å². The molecule has 0 amide bonds. The maximum Gasteiger partial charge on any atom is 0.138 e. The molecule has 0 bridgehead atoms. The topological polar surface area (TPSA) is 50.4 Å². The number of allylic oxidation sites excluding steroid dienone is 2. The Bertz CT molecular complexity index is 494. The van der Waals surface area contributed by atoms with E-state index < -0.39 is 6.10 Å². The highest BCUT2D eigenvalue weighted by atomic mass is 16.4. The number of aliphatic hydroxyl groups is 1. The average molecular weight is 363 g/mol. The van der Waals surface area contributed by atoms with Crippen molar-refractivity contribution >= 4 is 5.78 Å². The van der Waals surface area contributed by atoms with Gasteiger partial charge in [-0.05, 0) is 50.7 Å². The zero-order chi connectivity index (χ0) is 19.3. The van der Waals surface area contributed by atoms with Crippen LogP contribution in [0, 0.1) is 5.41 Å². The summed E-state index contributed by atoms with van der Waals surface area (Å²) in [4.78, 5) is 11.8. The van der Waals surface area contributed by atoms with Gasteiger partial charge in [0.25, 0.3) is 0 Å². The molecular weight excluding hydrogens is 324 g/mol. The van der Waals surface area contributed by atoms with Crippen molar-refractivity contribution in [2.75, 3.05) is 0 Å². The SMILES string of the molecule is CC(C)(C)C(=O)CCCCCCCC/C=C/CCCC(O)c1ccco1. The molecule has 1 rings (SSSR count). The number of hydrogen-bond acceptors (Lipinski definition) is 3. The molecule has 148 valence electrons. The van der Waals surface area contributed by atoms with E-state index in [0.29, 0.717) is 11.5 Å². The number of aliphatic hydroxyl groups excluding tert-OH is 1. The van der Waals surface area contributed by atoms with Gasteiger partial charge in [-0.1, -0.05) is 58.6 Å². The number of ketones is 1. The van der Waals surface area contributed by atoms with Crippen LogP contribution in [0.3, 0.4) is 0 Å². The van der Waals surface area contributed by atoms with E-state index in [4.69, 9.17) is 4.42 Å². The fourth-order valence-electron chi connectivity index (χ4n) is 2.92. The van der Waals surface area contributed by atoms with Crippen molar-refractivity contribution in [3.05, 3.63) is 36.3 Å². The van der Waals surface area contributed by atoms with E-state index in [-0.39, 0.29) is 5.41 Å². The molecule has 1 unspecified atom stereocenters. The Balaban J connectivity index is 1.87. The number of unbranched alkanes of at least 4 members (excludes halogenated alkanes) is 7. The normalized spacial score (nSPS) is 13.4. The number of carbonyl (C=O) groups is 1. The first-order chi connectivity index (χ1) is 12.4. The minimum absolute atomic E-state index is 0.177. The van der Waals surface area contributed by atoms with Crippen molar-refractivity contribution in [1.82, 2.24) is 0 Å². The summed E-state index contributed by atoms with van der Waals surface area (Å²) in [6, 6.07) is 3.63. The summed E-state index contributed by atoms with van der Waals surface area (Å²) in [5, 5.41) is 9.90. The molecule has 0 aliphatic heterocycles. The van der Waals surface area contributed by atoms with Gasteiger partial charge in [0.15, 0.2) is 0 Å². The predicted octanol–water partition coefficient (Wildman–Crippen LogP) is 6.78. The Labute approximate surface area is 159 Å². The lowest BCUT2D eigenvalue weighted by molar-refractivity contribution is -0.126. The number of Topliss-reactive ketones (excluding diaryl/α,β-unsaturated/α-hetero) is 1. The highest BCUT2D eigenvalue weighted by molar-refractivity contribution is 5.83. The molecule has 1 heterocycles. The van der Waals surface area contributed by atoms with Gasteiger partial charge in [-0.25, -0.2) is 0 Å². The largest absolute Gasteiger partial charge is 0.467 e. The quantitative estimate of drug-likeness (QED) is 0.293. The summed E-state index contributed by atoms with van der Waals surface area (Å²) < 4.78 is 5.19. The van der Waals surface area contributed by atoms with E-state index in [2.05, 4.69) is 12.2 Å². The fraction of sp³-hybridized carbons (Fsp3) is 0.696. The predicted molar refractivity (Wildman–Crippen MR) is 108 cm³/mol. The summed E-state index contributed by atoms with van der Waals surface area (Å²) in [6.45, 7) is 6.01. The van der Waals surface area contributed by atoms with E-state index in [1.54, 1.807) is 6.26 Å². The molecule has 0 aromatic carbocycles. The van der Waals surface area contributed by atoms with E-state index in [1.165, 1.54) is 32.1 Å². The molecule has 0 aliphatic carbocycles. The van der Waals surface area contributed by atoms with E-state index in [1.807, 2.05) is 32.9 Å². The number of carbonyl (C=O) groups excluding carboxylic acids is 1. The Kier molecular flexibility index (Phi) is 11.3. The van der Waals surface area contributed by atoms with E-state index >= 15 is 0 Å². The van der Waals surface area contributed by atoms with Crippen molar-refractivity contribution in [2.45, 2.75) is 97.5 Å². The van der Waals surface area contributed by atoms with Gasteiger partial charge in [0.2, 0.25) is 0 Å². The van der Waals surface area contributed by atoms with Gasteiger partial charge < -0.3 is 9.52 Å². The van der Waals surface area contributed by atoms with Gasteiger partial charge >= 0.3 is 0 Å². The third kappa shape index (κ3) is 10.6. The molecular formula is C23H38O3. The molecule has 0 radical (unpaired) electrons. The van der Waals surface area contributed by atoms with Crippen LogP contribution in [0.4, 0.5) is 0 Å². The molecule has 1 atom stereocenters. The van der Waals surface area contributed by atoms with Crippen LogP contribution in [0.15, 0.2) is 35.0 Å². The number of hydrogen-bond donors (Lipinski definition) is 1. The molecule has 3 nitrogen and oxygen atoms in total. The minimum atomic E-state index is -0.475. The molecule has 1 aromatic heterocycles.